The molecule has 0 aliphatic carbocycles. The molecule has 160 valence electrons. The number of esters is 1. The maximum atomic E-state index is 13.1. The van der Waals surface area contributed by atoms with Crippen molar-refractivity contribution in [3.63, 3.8) is 0 Å². The molecule has 0 saturated carbocycles. The summed E-state index contributed by atoms with van der Waals surface area (Å²) in [4.78, 5) is 24.8. The van der Waals surface area contributed by atoms with Crippen LogP contribution in [0, 0.1) is 6.92 Å². The highest BCUT2D eigenvalue weighted by atomic mass is 35.5. The number of carbonyl (C=O) groups is 2. The number of aryl methyl sites for hydroxylation is 1. The lowest BCUT2D eigenvalue weighted by molar-refractivity contribution is -0.152. The highest BCUT2D eigenvalue weighted by Crippen LogP contribution is 2.26. The summed E-state index contributed by atoms with van der Waals surface area (Å²) in [7, 11) is -3.85. The van der Waals surface area contributed by atoms with Crippen molar-refractivity contribution in [2.45, 2.75) is 37.1 Å². The quantitative estimate of drug-likeness (QED) is 0.681. The molecule has 0 radical (unpaired) electrons. The lowest BCUT2D eigenvalue weighted by Gasteiger charge is -2.33. The van der Waals surface area contributed by atoms with Gasteiger partial charge >= 0.3 is 5.97 Å². The summed E-state index contributed by atoms with van der Waals surface area (Å²) in [5.74, 6) is -1.26. The summed E-state index contributed by atoms with van der Waals surface area (Å²) >= 11 is 5.88. The van der Waals surface area contributed by atoms with Crippen molar-refractivity contribution in [2.24, 2.45) is 0 Å². The van der Waals surface area contributed by atoms with Crippen molar-refractivity contribution in [3.8, 4) is 0 Å². The van der Waals surface area contributed by atoms with Crippen LogP contribution in [0.15, 0.2) is 53.4 Å². The summed E-state index contributed by atoms with van der Waals surface area (Å²) < 4.78 is 32.4. The van der Waals surface area contributed by atoms with Gasteiger partial charge in [0.05, 0.1) is 4.90 Å². The van der Waals surface area contributed by atoms with E-state index < -0.39 is 34.5 Å². The molecule has 2 aromatic carbocycles. The molecule has 1 unspecified atom stereocenters. The molecule has 7 nitrogen and oxygen atoms in total. The Morgan fingerprint density at radius 3 is 2.60 bits per heavy atom. The van der Waals surface area contributed by atoms with E-state index in [1.165, 1.54) is 16.4 Å². The Bertz CT molecular complexity index is 1020. The molecular formula is C21H23ClN2O5S. The number of hydrogen-bond acceptors (Lipinski definition) is 5. The van der Waals surface area contributed by atoms with Crippen LogP contribution in [0.2, 0.25) is 5.02 Å². The first-order valence-corrected chi connectivity index (χ1v) is 11.4. The van der Waals surface area contributed by atoms with Crippen LogP contribution in [0.25, 0.3) is 0 Å². The number of sulfonamides is 1. The SMILES string of the molecule is Cc1ccc(S(=O)(=O)N2CCCCC2C(=O)OCC(=O)Nc2cccc(Cl)c2)cc1. The molecule has 9 heteroatoms. The van der Waals surface area contributed by atoms with E-state index in [4.69, 9.17) is 16.3 Å². The van der Waals surface area contributed by atoms with Crippen LogP contribution in [0.1, 0.15) is 24.8 Å². The van der Waals surface area contributed by atoms with Crippen molar-refractivity contribution in [1.82, 2.24) is 4.31 Å². The number of anilines is 1. The fourth-order valence-corrected chi connectivity index (χ4v) is 5.11. The molecule has 0 aromatic heterocycles. The first-order valence-electron chi connectivity index (χ1n) is 9.58. The van der Waals surface area contributed by atoms with E-state index in [0.717, 1.165) is 5.56 Å². The van der Waals surface area contributed by atoms with Crippen LogP contribution >= 0.6 is 11.6 Å². The number of benzene rings is 2. The molecule has 1 aliphatic rings. The zero-order valence-electron chi connectivity index (χ0n) is 16.5. The second-order valence-corrected chi connectivity index (χ2v) is 9.43. The van der Waals surface area contributed by atoms with Crippen molar-refractivity contribution >= 4 is 39.2 Å². The average molecular weight is 451 g/mol. The molecule has 1 fully saturated rings. The zero-order valence-corrected chi connectivity index (χ0v) is 18.1. The molecule has 1 heterocycles. The highest BCUT2D eigenvalue weighted by molar-refractivity contribution is 7.89. The molecule has 1 amide bonds. The Balaban J connectivity index is 1.66. The van der Waals surface area contributed by atoms with E-state index in [2.05, 4.69) is 5.32 Å². The van der Waals surface area contributed by atoms with Crippen LogP contribution in [-0.4, -0.2) is 43.8 Å². The monoisotopic (exact) mass is 450 g/mol. The normalized spacial score (nSPS) is 17.3. The van der Waals surface area contributed by atoms with Crippen LogP contribution in [0.3, 0.4) is 0 Å². The van der Waals surface area contributed by atoms with Gasteiger partial charge in [-0.1, -0.05) is 35.4 Å². The summed E-state index contributed by atoms with van der Waals surface area (Å²) in [6.07, 6.45) is 1.71. The number of nitrogens with one attached hydrogen (secondary N) is 1. The number of carbonyl (C=O) groups excluding carboxylic acids is 2. The summed E-state index contributed by atoms with van der Waals surface area (Å²) in [5, 5.41) is 3.04. The van der Waals surface area contributed by atoms with E-state index in [1.807, 2.05) is 6.92 Å². The van der Waals surface area contributed by atoms with E-state index in [1.54, 1.807) is 36.4 Å². The minimum absolute atomic E-state index is 0.131. The highest BCUT2D eigenvalue weighted by Gasteiger charge is 2.38. The van der Waals surface area contributed by atoms with Gasteiger partial charge in [0, 0.05) is 17.3 Å². The Morgan fingerprint density at radius 1 is 1.17 bits per heavy atom. The molecule has 1 N–H and O–H groups in total. The third-order valence-electron chi connectivity index (χ3n) is 4.81. The minimum atomic E-state index is -3.85. The number of piperidine rings is 1. The molecule has 2 aromatic rings. The van der Waals surface area contributed by atoms with E-state index in [0.29, 0.717) is 30.0 Å². The largest absolute Gasteiger partial charge is 0.454 e. The van der Waals surface area contributed by atoms with Crippen LogP contribution < -0.4 is 5.32 Å². The maximum Gasteiger partial charge on any atom is 0.324 e. The van der Waals surface area contributed by atoms with Crippen molar-refractivity contribution < 1.29 is 22.7 Å². The molecule has 30 heavy (non-hydrogen) atoms. The maximum absolute atomic E-state index is 13.1. The van der Waals surface area contributed by atoms with E-state index >= 15 is 0 Å². The molecule has 0 bridgehead atoms. The molecule has 1 aliphatic heterocycles. The number of amides is 1. The van der Waals surface area contributed by atoms with Gasteiger partial charge < -0.3 is 10.1 Å². The van der Waals surface area contributed by atoms with Gasteiger partial charge in [-0.3, -0.25) is 9.59 Å². The topological polar surface area (TPSA) is 92.8 Å². The van der Waals surface area contributed by atoms with Gasteiger partial charge in [0.25, 0.3) is 5.91 Å². The fourth-order valence-electron chi connectivity index (χ4n) is 3.27. The lowest BCUT2D eigenvalue weighted by Crippen LogP contribution is -2.48. The van der Waals surface area contributed by atoms with Crippen LogP contribution in [-0.2, 0) is 24.3 Å². The Kier molecular flexibility index (Phi) is 7.12. The Morgan fingerprint density at radius 2 is 1.90 bits per heavy atom. The van der Waals surface area contributed by atoms with Crippen molar-refractivity contribution in [2.75, 3.05) is 18.5 Å². The standard InChI is InChI=1S/C21H23ClN2O5S/c1-15-8-10-18(11-9-15)30(27,28)24-12-3-2-7-19(24)21(26)29-14-20(25)23-17-6-4-5-16(22)13-17/h4-6,8-11,13,19H,2-3,7,12,14H2,1H3,(H,23,25). The Labute approximate surface area is 181 Å². The van der Waals surface area contributed by atoms with Gasteiger partial charge in [-0.25, -0.2) is 8.42 Å². The zero-order chi connectivity index (χ0) is 21.7. The molecule has 1 atom stereocenters. The number of rotatable bonds is 6. The van der Waals surface area contributed by atoms with Gasteiger partial charge in [0.1, 0.15) is 6.04 Å². The molecular weight excluding hydrogens is 428 g/mol. The number of ether oxygens (including phenoxy) is 1. The van der Waals surface area contributed by atoms with Gasteiger partial charge in [0.2, 0.25) is 10.0 Å². The summed E-state index contributed by atoms with van der Waals surface area (Å²) in [6, 6.07) is 12.1. The second-order valence-electron chi connectivity index (χ2n) is 7.11. The fraction of sp³-hybridized carbons (Fsp3) is 0.333. The first-order chi connectivity index (χ1) is 14.3. The van der Waals surface area contributed by atoms with Crippen LogP contribution in [0.4, 0.5) is 5.69 Å². The van der Waals surface area contributed by atoms with Gasteiger partial charge in [-0.15, -0.1) is 0 Å². The number of halogens is 1. The lowest BCUT2D eigenvalue weighted by atomic mass is 10.1. The Hall–Kier alpha value is -2.42. The van der Waals surface area contributed by atoms with Gasteiger partial charge in [-0.05, 0) is 56.5 Å². The molecule has 0 spiro atoms. The predicted molar refractivity (Wildman–Crippen MR) is 114 cm³/mol. The third-order valence-corrected chi connectivity index (χ3v) is 6.96. The first kappa shape index (κ1) is 22.3. The van der Waals surface area contributed by atoms with Crippen molar-refractivity contribution in [3.05, 3.63) is 59.1 Å². The van der Waals surface area contributed by atoms with Gasteiger partial charge in [-0.2, -0.15) is 4.31 Å². The smallest absolute Gasteiger partial charge is 0.324 e. The van der Waals surface area contributed by atoms with Crippen molar-refractivity contribution in [1.29, 1.82) is 0 Å². The number of hydrogen-bond donors (Lipinski definition) is 1. The predicted octanol–water partition coefficient (Wildman–Crippen LogP) is 3.37. The second kappa shape index (κ2) is 9.59. The average Bonchev–Trinajstić information content (AvgIpc) is 2.72. The van der Waals surface area contributed by atoms with E-state index in [9.17, 15) is 18.0 Å². The minimum Gasteiger partial charge on any atom is -0.454 e. The van der Waals surface area contributed by atoms with E-state index in [-0.39, 0.29) is 11.4 Å². The summed E-state index contributed by atoms with van der Waals surface area (Å²) in [6.45, 7) is 1.58. The van der Waals surface area contributed by atoms with Gasteiger partial charge in [0.15, 0.2) is 6.61 Å². The van der Waals surface area contributed by atoms with Crippen LogP contribution in [0.5, 0.6) is 0 Å². The molecule has 3 rings (SSSR count). The molecule has 1 saturated heterocycles. The number of nitrogens with zero attached hydrogens (tertiary/aromatic N) is 1. The summed E-state index contributed by atoms with van der Waals surface area (Å²) in [5.41, 5.74) is 1.42. The third kappa shape index (κ3) is 5.38.